The molecule has 0 spiro atoms. The first kappa shape index (κ1) is 17.3. The summed E-state index contributed by atoms with van der Waals surface area (Å²) in [6.45, 7) is 4.50. The van der Waals surface area contributed by atoms with Crippen LogP contribution in [0.25, 0.3) is 0 Å². The van der Waals surface area contributed by atoms with E-state index in [0.29, 0.717) is 0 Å². The van der Waals surface area contributed by atoms with Crippen LogP contribution in [0.1, 0.15) is 45.1 Å². The van der Waals surface area contributed by atoms with E-state index in [1.54, 1.807) is 0 Å². The van der Waals surface area contributed by atoms with Crippen LogP contribution in [-0.4, -0.2) is 7.38 Å². The molecule has 0 saturated carbocycles. The molecule has 2 aromatic carbocycles. The Labute approximate surface area is 141 Å². The monoisotopic (exact) mass is 330 g/mol. The smallest absolute Gasteiger partial charge is 0.155 e. The molecule has 0 radical (unpaired) electrons. The van der Waals surface area contributed by atoms with Crippen molar-refractivity contribution in [2.24, 2.45) is 0 Å². The zero-order valence-corrected chi connectivity index (χ0v) is 15.6. The van der Waals surface area contributed by atoms with Crippen molar-refractivity contribution in [1.82, 2.24) is 0 Å². The molecule has 0 heterocycles. The summed E-state index contributed by atoms with van der Waals surface area (Å²) in [5, 5.41) is 2.79. The first-order valence-electron chi connectivity index (χ1n) is 8.55. The molecule has 0 saturated heterocycles. The number of hydrogen-bond donors (Lipinski definition) is 0. The standard InChI is InChI=1S/C20H27ClSi/c1-3-5-12-18-13-10-11-16-20(18)22(21,17-6-4-2)19-14-8-7-9-15-19/h7-11,13-16H,3-6,12,17H2,1-2H3. The average molecular weight is 331 g/mol. The molecular weight excluding hydrogens is 304 g/mol. The van der Waals surface area contributed by atoms with Crippen molar-refractivity contribution in [3.63, 3.8) is 0 Å². The van der Waals surface area contributed by atoms with Gasteiger partial charge in [-0.25, -0.2) is 0 Å². The third-order valence-corrected chi connectivity index (χ3v) is 9.82. The van der Waals surface area contributed by atoms with Gasteiger partial charge in [-0.15, -0.1) is 0 Å². The van der Waals surface area contributed by atoms with Crippen LogP contribution in [0.5, 0.6) is 0 Å². The molecule has 0 aliphatic carbocycles. The molecule has 22 heavy (non-hydrogen) atoms. The van der Waals surface area contributed by atoms with E-state index < -0.39 is 7.38 Å². The lowest BCUT2D eigenvalue weighted by molar-refractivity contribution is 0.797. The lowest BCUT2D eigenvalue weighted by Crippen LogP contribution is -2.54. The first-order valence-corrected chi connectivity index (χ1v) is 11.8. The van der Waals surface area contributed by atoms with Gasteiger partial charge in [-0.3, -0.25) is 0 Å². The van der Waals surface area contributed by atoms with Crippen LogP contribution < -0.4 is 10.4 Å². The normalized spacial score (nSPS) is 13.8. The van der Waals surface area contributed by atoms with Gasteiger partial charge in [0.1, 0.15) is 0 Å². The fourth-order valence-corrected chi connectivity index (χ4v) is 7.89. The molecule has 0 bridgehead atoms. The molecule has 0 fully saturated rings. The molecule has 0 aliphatic rings. The quantitative estimate of drug-likeness (QED) is 0.465. The van der Waals surface area contributed by atoms with Crippen LogP contribution in [0.3, 0.4) is 0 Å². The maximum absolute atomic E-state index is 7.39. The van der Waals surface area contributed by atoms with E-state index in [9.17, 15) is 0 Å². The SMILES string of the molecule is CCCCc1ccccc1[Si](Cl)(CCCC)c1ccccc1. The van der Waals surface area contributed by atoms with E-state index in [-0.39, 0.29) is 0 Å². The van der Waals surface area contributed by atoms with Gasteiger partial charge in [0.15, 0.2) is 0 Å². The topological polar surface area (TPSA) is 0 Å². The molecular formula is C20H27ClSi. The number of unbranched alkanes of at least 4 members (excludes halogenated alkanes) is 2. The third-order valence-electron chi connectivity index (χ3n) is 4.35. The Morgan fingerprint density at radius 2 is 1.45 bits per heavy atom. The van der Waals surface area contributed by atoms with Gasteiger partial charge >= 0.3 is 0 Å². The summed E-state index contributed by atoms with van der Waals surface area (Å²) in [6.07, 6.45) is 6.01. The highest BCUT2D eigenvalue weighted by Gasteiger charge is 2.36. The summed E-state index contributed by atoms with van der Waals surface area (Å²) < 4.78 is 0. The minimum absolute atomic E-state index is 1.12. The van der Waals surface area contributed by atoms with Crippen molar-refractivity contribution >= 4 is 28.8 Å². The molecule has 2 heteroatoms. The summed E-state index contributed by atoms with van der Waals surface area (Å²) in [7, 11) is -2.14. The summed E-state index contributed by atoms with van der Waals surface area (Å²) in [5.74, 6) is 0. The lowest BCUT2D eigenvalue weighted by Gasteiger charge is -2.28. The van der Waals surface area contributed by atoms with Gasteiger partial charge in [0.2, 0.25) is 7.38 Å². The zero-order valence-electron chi connectivity index (χ0n) is 13.8. The number of benzene rings is 2. The third kappa shape index (κ3) is 4.02. The Balaban J connectivity index is 2.45. The lowest BCUT2D eigenvalue weighted by atomic mass is 10.1. The Bertz CT molecular complexity index is 567. The van der Waals surface area contributed by atoms with E-state index >= 15 is 0 Å². The van der Waals surface area contributed by atoms with Crippen LogP contribution in [0, 0.1) is 0 Å². The number of aryl methyl sites for hydroxylation is 1. The van der Waals surface area contributed by atoms with Crippen LogP contribution in [0.4, 0.5) is 0 Å². The molecule has 1 unspecified atom stereocenters. The van der Waals surface area contributed by atoms with Crippen molar-refractivity contribution in [3.8, 4) is 0 Å². The molecule has 0 N–H and O–H groups in total. The summed E-state index contributed by atoms with van der Waals surface area (Å²) in [4.78, 5) is 0. The van der Waals surface area contributed by atoms with E-state index in [1.807, 2.05) is 0 Å². The van der Waals surface area contributed by atoms with Gasteiger partial charge in [-0.05, 0) is 34.8 Å². The van der Waals surface area contributed by atoms with Crippen molar-refractivity contribution in [2.45, 2.75) is 52.0 Å². The maximum Gasteiger partial charge on any atom is 0.217 e. The number of rotatable bonds is 8. The summed E-state index contributed by atoms with van der Waals surface area (Å²) >= 11 is 7.39. The van der Waals surface area contributed by atoms with Crippen LogP contribution in [-0.2, 0) is 6.42 Å². The van der Waals surface area contributed by atoms with Gasteiger partial charge in [-0.2, -0.15) is 11.1 Å². The van der Waals surface area contributed by atoms with Gasteiger partial charge in [0, 0.05) is 0 Å². The predicted octanol–water partition coefficient (Wildman–Crippen LogP) is 5.13. The fraction of sp³-hybridized carbons (Fsp3) is 0.400. The van der Waals surface area contributed by atoms with E-state index in [0.717, 1.165) is 12.5 Å². The zero-order chi connectivity index (χ0) is 15.8. The average Bonchev–Trinajstić information content (AvgIpc) is 2.59. The van der Waals surface area contributed by atoms with E-state index in [2.05, 4.69) is 68.4 Å². The highest BCUT2D eigenvalue weighted by atomic mass is 35.6. The van der Waals surface area contributed by atoms with Gasteiger partial charge in [-0.1, -0.05) is 87.7 Å². The largest absolute Gasteiger partial charge is 0.217 e. The minimum Gasteiger partial charge on any atom is -0.155 e. The maximum atomic E-state index is 7.39. The Kier molecular flexibility index (Phi) is 6.72. The molecule has 0 amide bonds. The number of hydrogen-bond acceptors (Lipinski definition) is 0. The second-order valence-corrected chi connectivity index (χ2v) is 11.2. The van der Waals surface area contributed by atoms with Crippen molar-refractivity contribution < 1.29 is 0 Å². The highest BCUT2D eigenvalue weighted by Crippen LogP contribution is 2.21. The Morgan fingerprint density at radius 3 is 2.14 bits per heavy atom. The Morgan fingerprint density at radius 1 is 0.818 bits per heavy atom. The van der Waals surface area contributed by atoms with Gasteiger partial charge < -0.3 is 0 Å². The summed E-state index contributed by atoms with van der Waals surface area (Å²) in [5.41, 5.74) is 1.46. The van der Waals surface area contributed by atoms with Crippen LogP contribution in [0.15, 0.2) is 54.6 Å². The minimum atomic E-state index is -2.14. The van der Waals surface area contributed by atoms with Crippen molar-refractivity contribution in [1.29, 1.82) is 0 Å². The highest BCUT2D eigenvalue weighted by molar-refractivity contribution is 7.34. The molecule has 2 rings (SSSR count). The Hall–Kier alpha value is -1.05. The predicted molar refractivity (Wildman–Crippen MR) is 102 cm³/mol. The van der Waals surface area contributed by atoms with Gasteiger partial charge in [0.25, 0.3) is 0 Å². The molecule has 0 nitrogen and oxygen atoms in total. The second-order valence-electron chi connectivity index (χ2n) is 6.03. The molecule has 118 valence electrons. The second kappa shape index (κ2) is 8.55. The van der Waals surface area contributed by atoms with E-state index in [1.165, 1.54) is 41.6 Å². The van der Waals surface area contributed by atoms with Crippen molar-refractivity contribution in [2.75, 3.05) is 0 Å². The molecule has 1 atom stereocenters. The first-order chi connectivity index (χ1) is 10.7. The summed E-state index contributed by atoms with van der Waals surface area (Å²) in [6, 6.07) is 20.8. The van der Waals surface area contributed by atoms with E-state index in [4.69, 9.17) is 11.1 Å². The fourth-order valence-electron chi connectivity index (χ4n) is 3.05. The molecule has 0 aliphatic heterocycles. The van der Waals surface area contributed by atoms with Crippen molar-refractivity contribution in [3.05, 3.63) is 60.2 Å². The molecule has 0 aromatic heterocycles. The van der Waals surface area contributed by atoms with Gasteiger partial charge in [0.05, 0.1) is 0 Å². The van der Waals surface area contributed by atoms with Crippen LogP contribution >= 0.6 is 11.1 Å². The van der Waals surface area contributed by atoms with Crippen LogP contribution in [0.2, 0.25) is 6.04 Å². The molecule has 2 aromatic rings. The number of halogens is 1.